The van der Waals surface area contributed by atoms with Crippen molar-refractivity contribution in [3.8, 4) is 0 Å². The van der Waals surface area contributed by atoms with Gasteiger partial charge in [0.2, 0.25) is 0 Å². The van der Waals surface area contributed by atoms with Gasteiger partial charge in [-0.3, -0.25) is 9.78 Å². The second-order valence-electron chi connectivity index (χ2n) is 5.61. The topological polar surface area (TPSA) is 93.4 Å². The molecule has 0 unspecified atom stereocenters. The Hall–Kier alpha value is -1.44. The average Bonchev–Trinajstić information content (AvgIpc) is 2.93. The zero-order valence-electron chi connectivity index (χ0n) is 12.4. The van der Waals surface area contributed by atoms with E-state index in [1.165, 1.54) is 6.20 Å². The van der Waals surface area contributed by atoms with Gasteiger partial charge in [-0.1, -0.05) is 0 Å². The van der Waals surface area contributed by atoms with Gasteiger partial charge in [0, 0.05) is 25.2 Å². The molecule has 0 bridgehead atoms. The van der Waals surface area contributed by atoms with E-state index in [0.717, 1.165) is 19.3 Å². The second kappa shape index (κ2) is 7.71. The van der Waals surface area contributed by atoms with Gasteiger partial charge in [0.25, 0.3) is 5.91 Å². The molecule has 1 saturated heterocycles. The van der Waals surface area contributed by atoms with E-state index in [1.54, 1.807) is 11.1 Å². The van der Waals surface area contributed by atoms with E-state index < -0.39 is 0 Å². The summed E-state index contributed by atoms with van der Waals surface area (Å²) in [6.45, 7) is 2.37. The van der Waals surface area contributed by atoms with Crippen LogP contribution in [0.25, 0.3) is 0 Å². The number of nitrogens with zero attached hydrogens (tertiary/aromatic N) is 3. The zero-order valence-corrected chi connectivity index (χ0v) is 13.2. The van der Waals surface area contributed by atoms with Crippen LogP contribution in [0.2, 0.25) is 0 Å². The number of nitrogens with one attached hydrogen (secondary N) is 1. The molecule has 1 aliphatic heterocycles. The molecule has 7 nitrogen and oxygen atoms in total. The highest BCUT2D eigenvalue weighted by atomic mass is 35.5. The van der Waals surface area contributed by atoms with Crippen LogP contribution in [-0.2, 0) is 4.74 Å². The number of ether oxygens (including phenoxy) is 1. The molecule has 8 heteroatoms. The quantitative estimate of drug-likeness (QED) is 0.847. The van der Waals surface area contributed by atoms with E-state index in [-0.39, 0.29) is 24.4 Å². The van der Waals surface area contributed by atoms with Crippen LogP contribution < -0.4 is 11.1 Å². The van der Waals surface area contributed by atoms with E-state index in [4.69, 9.17) is 10.5 Å². The van der Waals surface area contributed by atoms with Crippen molar-refractivity contribution >= 4 is 24.1 Å². The number of anilines is 1. The molecule has 1 saturated carbocycles. The van der Waals surface area contributed by atoms with Gasteiger partial charge in [-0.2, -0.15) is 0 Å². The number of nitrogens with two attached hydrogens (primary N) is 1. The van der Waals surface area contributed by atoms with Crippen molar-refractivity contribution in [3.63, 3.8) is 0 Å². The van der Waals surface area contributed by atoms with Crippen molar-refractivity contribution < 1.29 is 9.53 Å². The third-order valence-electron chi connectivity index (χ3n) is 3.98. The first-order valence-corrected chi connectivity index (χ1v) is 7.43. The Morgan fingerprint density at radius 3 is 2.77 bits per heavy atom. The van der Waals surface area contributed by atoms with Crippen LogP contribution >= 0.6 is 12.4 Å². The number of carbonyl (C=O) groups excluding carboxylic acids is 1. The van der Waals surface area contributed by atoms with Crippen LogP contribution in [0.5, 0.6) is 0 Å². The molecule has 2 aliphatic rings. The fourth-order valence-electron chi connectivity index (χ4n) is 2.82. The predicted octanol–water partition coefficient (Wildman–Crippen LogP) is 0.662. The summed E-state index contributed by atoms with van der Waals surface area (Å²) in [4.78, 5) is 22.6. The van der Waals surface area contributed by atoms with Gasteiger partial charge < -0.3 is 20.7 Å². The number of carbonyl (C=O) groups is 1. The maximum absolute atomic E-state index is 12.4. The summed E-state index contributed by atoms with van der Waals surface area (Å²) in [7, 11) is 0. The van der Waals surface area contributed by atoms with Crippen molar-refractivity contribution in [3.05, 3.63) is 18.1 Å². The highest BCUT2D eigenvalue weighted by Crippen LogP contribution is 2.20. The van der Waals surface area contributed by atoms with Gasteiger partial charge in [-0.15, -0.1) is 12.4 Å². The Labute approximate surface area is 136 Å². The summed E-state index contributed by atoms with van der Waals surface area (Å²) in [5.74, 6) is 0.561. The van der Waals surface area contributed by atoms with Crippen LogP contribution in [0, 0.1) is 0 Å². The molecule has 0 radical (unpaired) electrons. The van der Waals surface area contributed by atoms with E-state index >= 15 is 0 Å². The summed E-state index contributed by atoms with van der Waals surface area (Å²) in [5, 5.41) is 3.32. The van der Waals surface area contributed by atoms with Gasteiger partial charge >= 0.3 is 0 Å². The lowest BCUT2D eigenvalue weighted by molar-refractivity contribution is 0.0299. The predicted molar refractivity (Wildman–Crippen MR) is 85.2 cm³/mol. The summed E-state index contributed by atoms with van der Waals surface area (Å²) < 4.78 is 5.25. The average molecular weight is 328 g/mol. The summed E-state index contributed by atoms with van der Waals surface area (Å²) in [6.07, 6.45) is 6.16. The first-order chi connectivity index (χ1) is 10.2. The molecule has 3 rings (SSSR count). The minimum atomic E-state index is -0.0856. The van der Waals surface area contributed by atoms with Crippen LogP contribution in [0.1, 0.15) is 29.8 Å². The summed E-state index contributed by atoms with van der Waals surface area (Å²) >= 11 is 0. The van der Waals surface area contributed by atoms with Gasteiger partial charge in [-0.25, -0.2) is 4.98 Å². The van der Waals surface area contributed by atoms with Gasteiger partial charge in [0.1, 0.15) is 11.5 Å². The van der Waals surface area contributed by atoms with Crippen molar-refractivity contribution in [2.45, 2.75) is 31.3 Å². The monoisotopic (exact) mass is 327 g/mol. The lowest BCUT2D eigenvalue weighted by Gasteiger charge is -2.26. The molecule has 2 fully saturated rings. The number of halogens is 1. The van der Waals surface area contributed by atoms with Crippen molar-refractivity contribution in [2.24, 2.45) is 5.73 Å². The Kier molecular flexibility index (Phi) is 5.93. The lowest BCUT2D eigenvalue weighted by Crippen LogP contribution is -2.41. The lowest BCUT2D eigenvalue weighted by atomic mass is 10.2. The van der Waals surface area contributed by atoms with Gasteiger partial charge in [0.05, 0.1) is 25.6 Å². The largest absolute Gasteiger partial charge is 0.378 e. The molecule has 122 valence electrons. The fraction of sp³-hybridized carbons (Fsp3) is 0.643. The number of amides is 1. The second-order valence-corrected chi connectivity index (χ2v) is 5.61. The molecule has 3 N–H and O–H groups in total. The minimum absolute atomic E-state index is 0. The highest BCUT2D eigenvalue weighted by molar-refractivity contribution is 5.92. The molecular formula is C14H22ClN5O2. The molecule has 0 spiro atoms. The SMILES string of the molecule is Cl.N[C@@H]1CC[C@@H](Nc2cncc(C(=O)N3CCOCC3)n2)C1. The molecule has 1 aromatic heterocycles. The van der Waals surface area contributed by atoms with Crippen molar-refractivity contribution in [2.75, 3.05) is 31.6 Å². The maximum atomic E-state index is 12.4. The first kappa shape index (κ1) is 16.9. The Bertz CT molecular complexity index is 510. The number of aromatic nitrogens is 2. The molecule has 1 amide bonds. The van der Waals surface area contributed by atoms with E-state index in [9.17, 15) is 4.79 Å². The summed E-state index contributed by atoms with van der Waals surface area (Å²) in [6, 6.07) is 0.580. The number of morpholine rings is 1. The number of hydrogen-bond acceptors (Lipinski definition) is 6. The van der Waals surface area contributed by atoms with Crippen molar-refractivity contribution in [1.82, 2.24) is 14.9 Å². The molecule has 2 atom stereocenters. The third-order valence-corrected chi connectivity index (χ3v) is 3.98. The standard InChI is InChI=1S/C14H21N5O2.ClH/c15-10-1-2-11(7-10)17-13-9-16-8-12(18-13)14(20)19-3-5-21-6-4-19;/h8-11H,1-7,15H2,(H,17,18);1H/t10-,11-;/m1./s1. The maximum Gasteiger partial charge on any atom is 0.274 e. The first-order valence-electron chi connectivity index (χ1n) is 7.43. The Morgan fingerprint density at radius 1 is 1.32 bits per heavy atom. The minimum Gasteiger partial charge on any atom is -0.378 e. The normalized spacial score (nSPS) is 24.7. The molecule has 0 aromatic carbocycles. The van der Waals surface area contributed by atoms with Crippen LogP contribution in [0.15, 0.2) is 12.4 Å². The zero-order chi connectivity index (χ0) is 14.7. The summed E-state index contributed by atoms with van der Waals surface area (Å²) in [5.41, 5.74) is 6.28. The van der Waals surface area contributed by atoms with Crippen LogP contribution in [0.3, 0.4) is 0 Å². The van der Waals surface area contributed by atoms with Crippen molar-refractivity contribution in [1.29, 1.82) is 0 Å². The smallest absolute Gasteiger partial charge is 0.274 e. The molecular weight excluding hydrogens is 306 g/mol. The third kappa shape index (κ3) is 4.06. The highest BCUT2D eigenvalue weighted by Gasteiger charge is 2.23. The van der Waals surface area contributed by atoms with Gasteiger partial charge in [0.15, 0.2) is 0 Å². The van der Waals surface area contributed by atoms with E-state index in [1.807, 2.05) is 0 Å². The van der Waals surface area contributed by atoms with E-state index in [0.29, 0.717) is 43.9 Å². The Balaban J connectivity index is 0.00000176. The van der Waals surface area contributed by atoms with Gasteiger partial charge in [-0.05, 0) is 19.3 Å². The molecule has 1 aromatic rings. The van der Waals surface area contributed by atoms with E-state index in [2.05, 4.69) is 15.3 Å². The number of rotatable bonds is 3. The fourth-order valence-corrected chi connectivity index (χ4v) is 2.82. The molecule has 22 heavy (non-hydrogen) atoms. The van der Waals surface area contributed by atoms with Crippen LogP contribution in [0.4, 0.5) is 5.82 Å². The molecule has 2 heterocycles. The Morgan fingerprint density at radius 2 is 2.09 bits per heavy atom. The number of hydrogen-bond donors (Lipinski definition) is 2. The molecule has 1 aliphatic carbocycles. The van der Waals surface area contributed by atoms with Crippen LogP contribution in [-0.4, -0.2) is 59.2 Å².